The van der Waals surface area contributed by atoms with Crippen LogP contribution in [0.3, 0.4) is 0 Å². The van der Waals surface area contributed by atoms with E-state index in [1.54, 1.807) is 49.4 Å². The van der Waals surface area contributed by atoms with Crippen LogP contribution >= 0.6 is 23.2 Å². The van der Waals surface area contributed by atoms with Crippen LogP contribution in [0.5, 0.6) is 11.5 Å². The molecule has 0 N–H and O–H groups in total. The summed E-state index contributed by atoms with van der Waals surface area (Å²) < 4.78 is 10.4. The maximum absolute atomic E-state index is 12.6. The third kappa shape index (κ3) is 3.89. The molecule has 0 unspecified atom stereocenters. The number of benzene rings is 2. The molecule has 0 atom stereocenters. The van der Waals surface area contributed by atoms with Gasteiger partial charge in [0.2, 0.25) is 0 Å². The second-order valence-electron chi connectivity index (χ2n) is 4.94. The quantitative estimate of drug-likeness (QED) is 0.804. The van der Waals surface area contributed by atoms with Crippen LogP contribution in [-0.2, 0) is 6.54 Å². The van der Waals surface area contributed by atoms with Crippen molar-refractivity contribution in [1.29, 1.82) is 0 Å². The van der Waals surface area contributed by atoms with E-state index in [1.165, 1.54) is 7.11 Å². The first kappa shape index (κ1) is 17.4. The van der Waals surface area contributed by atoms with E-state index >= 15 is 0 Å². The van der Waals surface area contributed by atoms with Gasteiger partial charge in [0.05, 0.1) is 24.3 Å². The first-order valence-electron chi connectivity index (χ1n) is 6.88. The zero-order valence-electron chi connectivity index (χ0n) is 13.1. The highest BCUT2D eigenvalue weighted by atomic mass is 35.5. The molecule has 0 saturated carbocycles. The summed E-state index contributed by atoms with van der Waals surface area (Å²) in [5, 5.41) is 0.928. The Bertz CT molecular complexity index is 719. The van der Waals surface area contributed by atoms with Gasteiger partial charge in [-0.25, -0.2) is 0 Å². The molecule has 4 nitrogen and oxygen atoms in total. The Morgan fingerprint density at radius 3 is 2.43 bits per heavy atom. The van der Waals surface area contributed by atoms with Crippen LogP contribution in [-0.4, -0.2) is 32.1 Å². The summed E-state index contributed by atoms with van der Waals surface area (Å²) in [6, 6.07) is 10.4. The monoisotopic (exact) mass is 353 g/mol. The van der Waals surface area contributed by atoms with E-state index in [0.29, 0.717) is 33.7 Å². The number of nitrogens with zero attached hydrogens (tertiary/aromatic N) is 1. The van der Waals surface area contributed by atoms with Crippen molar-refractivity contribution in [3.63, 3.8) is 0 Å². The molecule has 0 bridgehead atoms. The molecule has 0 aliphatic heterocycles. The van der Waals surface area contributed by atoms with Crippen molar-refractivity contribution in [3.05, 3.63) is 57.6 Å². The lowest BCUT2D eigenvalue weighted by molar-refractivity contribution is 0.0784. The molecule has 23 heavy (non-hydrogen) atoms. The van der Waals surface area contributed by atoms with Crippen LogP contribution < -0.4 is 9.47 Å². The highest BCUT2D eigenvalue weighted by Gasteiger charge is 2.16. The van der Waals surface area contributed by atoms with Gasteiger partial charge in [0.25, 0.3) is 5.91 Å². The zero-order chi connectivity index (χ0) is 17.0. The average molecular weight is 354 g/mol. The summed E-state index contributed by atoms with van der Waals surface area (Å²) in [5.74, 6) is 0.930. The van der Waals surface area contributed by atoms with Gasteiger partial charge in [0.15, 0.2) is 11.5 Å². The molecule has 122 valence electrons. The van der Waals surface area contributed by atoms with Crippen molar-refractivity contribution in [1.82, 2.24) is 4.90 Å². The summed E-state index contributed by atoms with van der Waals surface area (Å²) in [6.07, 6.45) is 0. The highest BCUT2D eigenvalue weighted by Crippen LogP contribution is 2.29. The van der Waals surface area contributed by atoms with E-state index in [-0.39, 0.29) is 5.91 Å². The van der Waals surface area contributed by atoms with Gasteiger partial charge in [-0.2, -0.15) is 0 Å². The third-order valence-corrected chi connectivity index (χ3v) is 4.27. The Balaban J connectivity index is 2.21. The Morgan fingerprint density at radius 1 is 1.09 bits per heavy atom. The number of rotatable bonds is 5. The van der Waals surface area contributed by atoms with E-state index in [9.17, 15) is 4.79 Å². The van der Waals surface area contributed by atoms with Crippen molar-refractivity contribution in [3.8, 4) is 11.5 Å². The fraction of sp³-hybridized carbons (Fsp3) is 0.235. The molecule has 0 radical (unpaired) electrons. The lowest BCUT2D eigenvalue weighted by Crippen LogP contribution is -2.26. The van der Waals surface area contributed by atoms with Crippen LogP contribution in [0.1, 0.15) is 15.9 Å². The number of hydrogen-bond acceptors (Lipinski definition) is 3. The molecular formula is C17H17Cl2NO3. The van der Waals surface area contributed by atoms with Crippen molar-refractivity contribution < 1.29 is 14.3 Å². The molecule has 1 amide bonds. The minimum absolute atomic E-state index is 0.151. The summed E-state index contributed by atoms with van der Waals surface area (Å²) in [4.78, 5) is 14.1. The molecule has 0 aliphatic carbocycles. The van der Waals surface area contributed by atoms with Crippen LogP contribution in [0.4, 0.5) is 0 Å². The fourth-order valence-corrected chi connectivity index (χ4v) is 2.57. The average Bonchev–Trinajstić information content (AvgIpc) is 2.57. The zero-order valence-corrected chi connectivity index (χ0v) is 14.6. The van der Waals surface area contributed by atoms with E-state index in [4.69, 9.17) is 32.7 Å². The van der Waals surface area contributed by atoms with E-state index < -0.39 is 0 Å². The lowest BCUT2D eigenvalue weighted by atomic mass is 10.1. The molecule has 2 rings (SSSR count). The first-order valence-corrected chi connectivity index (χ1v) is 7.64. The number of carbonyl (C=O) groups is 1. The molecule has 0 saturated heterocycles. The van der Waals surface area contributed by atoms with Crippen LogP contribution in [0.15, 0.2) is 36.4 Å². The molecule has 0 heterocycles. The number of halogens is 2. The molecule has 2 aromatic carbocycles. The summed E-state index contributed by atoms with van der Waals surface area (Å²) in [5.41, 5.74) is 1.29. The summed E-state index contributed by atoms with van der Waals surface area (Å²) in [7, 11) is 4.78. The van der Waals surface area contributed by atoms with E-state index in [1.807, 2.05) is 6.07 Å². The molecular weight excluding hydrogens is 337 g/mol. The topological polar surface area (TPSA) is 38.8 Å². The largest absolute Gasteiger partial charge is 0.493 e. The Labute approximate surface area is 145 Å². The second kappa shape index (κ2) is 7.57. The number of methoxy groups -OCH3 is 2. The van der Waals surface area contributed by atoms with Gasteiger partial charge in [0, 0.05) is 19.2 Å². The normalized spacial score (nSPS) is 10.3. The highest BCUT2D eigenvalue weighted by molar-refractivity contribution is 6.42. The number of ether oxygens (including phenoxy) is 2. The maximum Gasteiger partial charge on any atom is 0.254 e. The first-order chi connectivity index (χ1) is 11.0. The van der Waals surface area contributed by atoms with Crippen molar-refractivity contribution in [2.45, 2.75) is 6.54 Å². The fourth-order valence-electron chi connectivity index (χ4n) is 2.19. The molecule has 0 spiro atoms. The molecule has 0 aromatic heterocycles. The van der Waals surface area contributed by atoms with Crippen molar-refractivity contribution in [2.24, 2.45) is 0 Å². The van der Waals surface area contributed by atoms with Crippen LogP contribution in [0.2, 0.25) is 10.0 Å². The predicted molar refractivity (Wildman–Crippen MR) is 91.8 cm³/mol. The van der Waals surface area contributed by atoms with Gasteiger partial charge in [-0.05, 0) is 29.8 Å². The molecule has 6 heteroatoms. The van der Waals surface area contributed by atoms with Gasteiger partial charge in [-0.1, -0.05) is 35.3 Å². The van der Waals surface area contributed by atoms with Crippen LogP contribution in [0, 0.1) is 0 Å². The van der Waals surface area contributed by atoms with Gasteiger partial charge in [-0.15, -0.1) is 0 Å². The van der Waals surface area contributed by atoms with Crippen LogP contribution in [0.25, 0.3) is 0 Å². The smallest absolute Gasteiger partial charge is 0.254 e. The summed E-state index contributed by atoms with van der Waals surface area (Å²) in [6.45, 7) is 0.354. The number of amides is 1. The Morgan fingerprint density at radius 2 is 1.78 bits per heavy atom. The van der Waals surface area contributed by atoms with Gasteiger partial charge in [0.1, 0.15) is 0 Å². The Kier molecular flexibility index (Phi) is 5.74. The lowest BCUT2D eigenvalue weighted by Gasteiger charge is -2.19. The van der Waals surface area contributed by atoms with E-state index in [0.717, 1.165) is 5.56 Å². The van der Waals surface area contributed by atoms with Crippen molar-refractivity contribution in [2.75, 3.05) is 21.3 Å². The van der Waals surface area contributed by atoms with Gasteiger partial charge < -0.3 is 14.4 Å². The molecule has 2 aromatic rings. The third-order valence-electron chi connectivity index (χ3n) is 3.42. The SMILES string of the molecule is COc1ccc(C(=O)N(C)Cc2cccc(Cl)c2Cl)cc1OC. The number of hydrogen-bond donors (Lipinski definition) is 0. The van der Waals surface area contributed by atoms with Gasteiger partial charge in [-0.3, -0.25) is 4.79 Å². The summed E-state index contributed by atoms with van der Waals surface area (Å²) >= 11 is 12.2. The minimum atomic E-state index is -0.151. The Hall–Kier alpha value is -1.91. The number of carbonyl (C=O) groups excluding carboxylic acids is 1. The predicted octanol–water partition coefficient (Wildman–Crippen LogP) is 4.28. The standard InChI is InChI=1S/C17H17Cl2NO3/c1-20(10-12-5-4-6-13(18)16(12)19)17(21)11-7-8-14(22-2)15(9-11)23-3/h4-9H,10H2,1-3H3. The molecule has 0 fully saturated rings. The van der Waals surface area contributed by atoms with Crippen molar-refractivity contribution >= 4 is 29.1 Å². The van der Waals surface area contributed by atoms with E-state index in [2.05, 4.69) is 0 Å². The minimum Gasteiger partial charge on any atom is -0.493 e. The van der Waals surface area contributed by atoms with Gasteiger partial charge >= 0.3 is 0 Å². The molecule has 0 aliphatic rings. The second-order valence-corrected chi connectivity index (χ2v) is 5.73. The maximum atomic E-state index is 12.6.